The molecule has 5 rings (SSSR count). The standard InChI is InChI=1S/C28H32N4O5/c1-4-36-23-14-13-20(15-24(23)35-3)26-29-25(37-30-26)17-31-22-8-6-5-7-21(22)27(33)32(28(31)34)16-19-11-9-18(2)10-12-19/h9-15,21-22H,4-8,16-17H2,1-3H3. The van der Waals surface area contributed by atoms with Gasteiger partial charge in [-0.2, -0.15) is 4.98 Å². The van der Waals surface area contributed by atoms with Crippen molar-refractivity contribution >= 4 is 11.9 Å². The second kappa shape index (κ2) is 10.6. The van der Waals surface area contributed by atoms with E-state index in [4.69, 9.17) is 14.0 Å². The molecule has 2 unspecified atom stereocenters. The summed E-state index contributed by atoms with van der Waals surface area (Å²) in [4.78, 5) is 34.7. The molecule has 1 aromatic heterocycles. The van der Waals surface area contributed by atoms with Gasteiger partial charge in [-0.15, -0.1) is 0 Å². The molecule has 1 aliphatic heterocycles. The highest BCUT2D eigenvalue weighted by atomic mass is 16.5. The molecule has 0 N–H and O–H groups in total. The first-order chi connectivity index (χ1) is 18.0. The van der Waals surface area contributed by atoms with Crippen molar-refractivity contribution in [3.8, 4) is 22.9 Å². The van der Waals surface area contributed by atoms with Crippen LogP contribution in [-0.4, -0.2) is 51.6 Å². The number of carbonyl (C=O) groups is 2. The highest BCUT2D eigenvalue weighted by Crippen LogP contribution is 2.36. The summed E-state index contributed by atoms with van der Waals surface area (Å²) in [6.45, 7) is 4.85. The number of nitrogens with zero attached hydrogens (tertiary/aromatic N) is 4. The number of amides is 3. The van der Waals surface area contributed by atoms with Crippen LogP contribution in [0.2, 0.25) is 0 Å². The Bertz CT molecular complexity index is 1270. The fraction of sp³-hybridized carbons (Fsp3) is 0.429. The minimum absolute atomic E-state index is 0.0840. The summed E-state index contributed by atoms with van der Waals surface area (Å²) in [5.74, 6) is 1.64. The van der Waals surface area contributed by atoms with Crippen molar-refractivity contribution in [1.82, 2.24) is 19.9 Å². The molecule has 194 valence electrons. The second-order valence-corrected chi connectivity index (χ2v) is 9.59. The predicted molar refractivity (Wildman–Crippen MR) is 136 cm³/mol. The Labute approximate surface area is 216 Å². The minimum atomic E-state index is -0.309. The number of methoxy groups -OCH3 is 1. The Morgan fingerprint density at radius 1 is 1.03 bits per heavy atom. The Hall–Kier alpha value is -3.88. The van der Waals surface area contributed by atoms with Crippen LogP contribution >= 0.6 is 0 Å². The zero-order valence-electron chi connectivity index (χ0n) is 21.5. The van der Waals surface area contributed by atoms with Crippen LogP contribution in [0, 0.1) is 12.8 Å². The number of hydrogen-bond acceptors (Lipinski definition) is 7. The summed E-state index contributed by atoms with van der Waals surface area (Å²) >= 11 is 0. The van der Waals surface area contributed by atoms with Gasteiger partial charge in [-0.25, -0.2) is 4.79 Å². The molecular weight excluding hydrogens is 472 g/mol. The van der Waals surface area contributed by atoms with Gasteiger partial charge in [0.2, 0.25) is 17.6 Å². The van der Waals surface area contributed by atoms with E-state index in [-0.39, 0.29) is 37.0 Å². The van der Waals surface area contributed by atoms with Crippen molar-refractivity contribution in [1.29, 1.82) is 0 Å². The number of fused-ring (bicyclic) bond motifs is 1. The molecule has 2 atom stereocenters. The van der Waals surface area contributed by atoms with Crippen molar-refractivity contribution in [2.45, 2.75) is 58.7 Å². The minimum Gasteiger partial charge on any atom is -0.493 e. The molecule has 9 heteroatoms. The zero-order valence-corrected chi connectivity index (χ0v) is 21.5. The topological polar surface area (TPSA) is 98.0 Å². The van der Waals surface area contributed by atoms with Crippen LogP contribution in [0.15, 0.2) is 47.0 Å². The van der Waals surface area contributed by atoms with E-state index in [0.717, 1.165) is 36.8 Å². The van der Waals surface area contributed by atoms with Gasteiger partial charge in [-0.1, -0.05) is 47.8 Å². The fourth-order valence-electron chi connectivity index (χ4n) is 5.23. The Morgan fingerprint density at radius 3 is 2.57 bits per heavy atom. The molecule has 0 bridgehead atoms. The molecule has 1 aliphatic carbocycles. The van der Waals surface area contributed by atoms with E-state index < -0.39 is 0 Å². The monoisotopic (exact) mass is 504 g/mol. The van der Waals surface area contributed by atoms with Gasteiger partial charge in [0.1, 0.15) is 6.54 Å². The second-order valence-electron chi connectivity index (χ2n) is 9.59. The highest BCUT2D eigenvalue weighted by Gasteiger charge is 2.47. The van der Waals surface area contributed by atoms with E-state index in [1.165, 1.54) is 4.90 Å². The molecular formula is C28H32N4O5. The van der Waals surface area contributed by atoms with E-state index in [2.05, 4.69) is 10.1 Å². The first-order valence-electron chi connectivity index (χ1n) is 12.8. The van der Waals surface area contributed by atoms with Crippen molar-refractivity contribution in [3.63, 3.8) is 0 Å². The summed E-state index contributed by atoms with van der Waals surface area (Å²) < 4.78 is 16.6. The fourth-order valence-corrected chi connectivity index (χ4v) is 5.23. The average Bonchev–Trinajstić information content (AvgIpc) is 3.39. The van der Waals surface area contributed by atoms with Gasteiger partial charge < -0.3 is 18.9 Å². The zero-order chi connectivity index (χ0) is 25.9. The Morgan fingerprint density at radius 2 is 1.81 bits per heavy atom. The molecule has 2 heterocycles. The number of imide groups is 1. The highest BCUT2D eigenvalue weighted by molar-refractivity contribution is 5.98. The summed E-state index contributed by atoms with van der Waals surface area (Å²) in [5, 5.41) is 4.14. The number of ether oxygens (including phenoxy) is 2. The first kappa shape index (κ1) is 24.8. The summed E-state index contributed by atoms with van der Waals surface area (Å²) in [5.41, 5.74) is 2.77. The van der Waals surface area contributed by atoms with Gasteiger partial charge in [0, 0.05) is 11.6 Å². The molecule has 0 spiro atoms. The smallest absolute Gasteiger partial charge is 0.327 e. The number of carbonyl (C=O) groups excluding carboxylic acids is 2. The molecule has 2 aliphatic rings. The lowest BCUT2D eigenvalue weighted by molar-refractivity contribution is -0.141. The molecule has 2 fully saturated rings. The molecule has 9 nitrogen and oxygen atoms in total. The average molecular weight is 505 g/mol. The van der Waals surface area contributed by atoms with Crippen LogP contribution in [0.1, 0.15) is 49.6 Å². The van der Waals surface area contributed by atoms with Gasteiger partial charge in [0.15, 0.2) is 11.5 Å². The van der Waals surface area contributed by atoms with Gasteiger partial charge in [0.25, 0.3) is 0 Å². The van der Waals surface area contributed by atoms with Gasteiger partial charge in [-0.05, 0) is 50.5 Å². The van der Waals surface area contributed by atoms with Crippen LogP contribution in [-0.2, 0) is 17.9 Å². The summed E-state index contributed by atoms with van der Waals surface area (Å²) in [7, 11) is 1.58. The van der Waals surface area contributed by atoms with E-state index in [1.54, 1.807) is 18.1 Å². The Balaban J connectivity index is 1.38. The maximum Gasteiger partial charge on any atom is 0.327 e. The third kappa shape index (κ3) is 5.03. The van der Waals surface area contributed by atoms with E-state index in [1.807, 2.05) is 50.2 Å². The number of urea groups is 1. The maximum atomic E-state index is 13.6. The van der Waals surface area contributed by atoms with Crippen molar-refractivity contribution in [2.24, 2.45) is 5.92 Å². The summed E-state index contributed by atoms with van der Waals surface area (Å²) in [6.07, 6.45) is 3.53. The van der Waals surface area contributed by atoms with Gasteiger partial charge >= 0.3 is 6.03 Å². The number of aromatic nitrogens is 2. The van der Waals surface area contributed by atoms with Crippen LogP contribution in [0.3, 0.4) is 0 Å². The summed E-state index contributed by atoms with van der Waals surface area (Å²) in [6, 6.07) is 12.9. The van der Waals surface area contributed by atoms with Crippen molar-refractivity contribution in [3.05, 3.63) is 59.5 Å². The molecule has 1 saturated carbocycles. The molecule has 1 saturated heterocycles. The first-order valence-corrected chi connectivity index (χ1v) is 12.8. The number of hydrogen-bond donors (Lipinski definition) is 0. The van der Waals surface area contributed by atoms with Gasteiger partial charge in [-0.3, -0.25) is 9.69 Å². The van der Waals surface area contributed by atoms with Crippen LogP contribution in [0.25, 0.3) is 11.4 Å². The quantitative estimate of drug-likeness (QED) is 0.427. The van der Waals surface area contributed by atoms with Crippen LogP contribution < -0.4 is 9.47 Å². The van der Waals surface area contributed by atoms with Gasteiger partial charge in [0.05, 0.1) is 26.2 Å². The lowest BCUT2D eigenvalue weighted by Gasteiger charge is -2.46. The van der Waals surface area contributed by atoms with E-state index >= 15 is 0 Å². The van der Waals surface area contributed by atoms with E-state index in [9.17, 15) is 9.59 Å². The van der Waals surface area contributed by atoms with E-state index in [0.29, 0.717) is 35.4 Å². The number of benzene rings is 2. The SMILES string of the molecule is CCOc1ccc(-c2noc(CN3C(=O)N(Cc4ccc(C)cc4)C(=O)C4CCCCC43)n2)cc1OC. The normalized spacial score (nSPS) is 19.6. The molecule has 0 radical (unpaired) electrons. The largest absolute Gasteiger partial charge is 0.493 e. The van der Waals surface area contributed by atoms with Crippen LogP contribution in [0.5, 0.6) is 11.5 Å². The number of rotatable bonds is 8. The lowest BCUT2D eigenvalue weighted by Crippen LogP contribution is -2.61. The Kier molecular flexibility index (Phi) is 7.12. The third-order valence-electron chi connectivity index (χ3n) is 7.15. The van der Waals surface area contributed by atoms with Crippen molar-refractivity contribution < 1.29 is 23.6 Å². The predicted octanol–water partition coefficient (Wildman–Crippen LogP) is 4.98. The van der Waals surface area contributed by atoms with Crippen LogP contribution in [0.4, 0.5) is 4.79 Å². The molecule has 37 heavy (non-hydrogen) atoms. The molecule has 3 amide bonds. The third-order valence-corrected chi connectivity index (χ3v) is 7.15. The number of aryl methyl sites for hydroxylation is 1. The molecule has 3 aromatic rings. The maximum absolute atomic E-state index is 13.6. The molecule has 2 aromatic carbocycles. The van der Waals surface area contributed by atoms with Crippen molar-refractivity contribution in [2.75, 3.05) is 13.7 Å². The lowest BCUT2D eigenvalue weighted by atomic mass is 9.81.